The summed E-state index contributed by atoms with van der Waals surface area (Å²) in [6.07, 6.45) is 0. The zero-order chi connectivity index (χ0) is 36.7. The summed E-state index contributed by atoms with van der Waals surface area (Å²) in [4.78, 5) is 2.51. The van der Waals surface area contributed by atoms with Crippen molar-refractivity contribution >= 4 is 113 Å². The summed E-state index contributed by atoms with van der Waals surface area (Å²) in [6, 6.07) is 71.4. The summed E-state index contributed by atoms with van der Waals surface area (Å²) in [7, 11) is 0. The van der Waals surface area contributed by atoms with Gasteiger partial charge in [0.05, 0.1) is 27.1 Å². The van der Waals surface area contributed by atoms with Crippen LogP contribution in [0.2, 0.25) is 0 Å². The number of nitrogens with zero attached hydrogens (tertiary/aromatic N) is 2. The number of rotatable bonds is 5. The topological polar surface area (TPSA) is 8.17 Å². The van der Waals surface area contributed by atoms with Crippen molar-refractivity contribution in [3.63, 3.8) is 0 Å². The van der Waals surface area contributed by atoms with Crippen LogP contribution in [0.15, 0.2) is 194 Å². The van der Waals surface area contributed by atoms with E-state index in [1.807, 2.05) is 22.7 Å². The molecule has 0 aliphatic heterocycles. The quantitative estimate of drug-likeness (QED) is 0.170. The Bertz CT molecular complexity index is 3500. The summed E-state index contributed by atoms with van der Waals surface area (Å²) in [5.74, 6) is 0. The lowest BCUT2D eigenvalue weighted by Crippen LogP contribution is -2.11. The SMILES string of the molecule is c1ccc(-n2c3ccccc3c3ccc(N(c4cccc5c(-c6cccc7sc8ccccc8c67)cccc45)c4cccc5c4sc4ccccc45)cc32)cc1. The van der Waals surface area contributed by atoms with Gasteiger partial charge in [0.15, 0.2) is 0 Å². The Labute approximate surface area is 331 Å². The molecule has 0 saturated carbocycles. The number of aromatic nitrogens is 1. The number of para-hydroxylation sites is 2. The van der Waals surface area contributed by atoms with Gasteiger partial charge in [0, 0.05) is 63.2 Å². The predicted molar refractivity (Wildman–Crippen MR) is 244 cm³/mol. The molecule has 3 heterocycles. The highest BCUT2D eigenvalue weighted by Gasteiger charge is 2.23. The molecule has 0 spiro atoms. The van der Waals surface area contributed by atoms with E-state index in [1.54, 1.807) is 0 Å². The van der Waals surface area contributed by atoms with Crippen LogP contribution in [0.1, 0.15) is 0 Å². The Morgan fingerprint density at radius 2 is 0.964 bits per heavy atom. The van der Waals surface area contributed by atoms with Crippen LogP contribution >= 0.6 is 22.7 Å². The molecule has 56 heavy (non-hydrogen) atoms. The van der Waals surface area contributed by atoms with Gasteiger partial charge in [-0.05, 0) is 77.2 Å². The second kappa shape index (κ2) is 12.4. The number of hydrogen-bond donors (Lipinski definition) is 0. The van der Waals surface area contributed by atoms with E-state index in [2.05, 4.69) is 204 Å². The van der Waals surface area contributed by atoms with E-state index in [1.165, 1.54) is 89.7 Å². The molecule has 2 nitrogen and oxygen atoms in total. The first-order valence-electron chi connectivity index (χ1n) is 19.0. The highest BCUT2D eigenvalue weighted by molar-refractivity contribution is 7.26. The van der Waals surface area contributed by atoms with E-state index in [0.717, 1.165) is 17.1 Å². The van der Waals surface area contributed by atoms with E-state index < -0.39 is 0 Å². The number of fused-ring (bicyclic) bond motifs is 10. The van der Waals surface area contributed by atoms with Crippen LogP contribution in [0.4, 0.5) is 17.1 Å². The largest absolute Gasteiger partial charge is 0.309 e. The minimum absolute atomic E-state index is 1.12. The zero-order valence-electron chi connectivity index (χ0n) is 30.2. The third kappa shape index (κ3) is 4.67. The van der Waals surface area contributed by atoms with Gasteiger partial charge in [0.25, 0.3) is 0 Å². The van der Waals surface area contributed by atoms with Crippen LogP contribution in [0.3, 0.4) is 0 Å². The first kappa shape index (κ1) is 31.6. The summed E-state index contributed by atoms with van der Waals surface area (Å²) < 4.78 is 7.63. The molecule has 0 bridgehead atoms. The average molecular weight is 749 g/mol. The number of hydrogen-bond acceptors (Lipinski definition) is 3. The lowest BCUT2D eigenvalue weighted by atomic mass is 9.93. The molecular weight excluding hydrogens is 717 g/mol. The van der Waals surface area contributed by atoms with Gasteiger partial charge >= 0.3 is 0 Å². The summed E-state index contributed by atoms with van der Waals surface area (Å²) in [5, 5.41) is 10.2. The molecule has 0 radical (unpaired) electrons. The molecule has 4 heteroatoms. The molecule has 0 N–H and O–H groups in total. The predicted octanol–water partition coefficient (Wildman–Crippen LogP) is 15.8. The van der Waals surface area contributed by atoms with Gasteiger partial charge in [-0.15, -0.1) is 22.7 Å². The smallest absolute Gasteiger partial charge is 0.0640 e. The fourth-order valence-electron chi connectivity index (χ4n) is 8.99. The molecule has 0 saturated heterocycles. The maximum absolute atomic E-state index is 2.51. The molecule has 0 unspecified atom stereocenters. The standard InChI is InChI=1S/C52H32N2S2/c1-2-14-33(15-3-1)53-44-24-7-4-16-38(44)39-31-30-34(32-47(39)53)54(46-26-12-23-42-40-17-5-8-27-48(40)56-52(42)46)45-25-11-20-35-36(19-10-21-37(35)45)41-22-13-29-50-51(41)43-18-6-9-28-49(43)55-50/h1-32H. The van der Waals surface area contributed by atoms with E-state index >= 15 is 0 Å². The lowest BCUT2D eigenvalue weighted by molar-refractivity contribution is 1.18. The second-order valence-corrected chi connectivity index (χ2v) is 16.6. The molecular formula is C52H32N2S2. The van der Waals surface area contributed by atoms with E-state index in [0.29, 0.717) is 0 Å². The van der Waals surface area contributed by atoms with Crippen molar-refractivity contribution in [2.45, 2.75) is 0 Å². The molecule has 0 aliphatic rings. The summed E-state index contributed by atoms with van der Waals surface area (Å²) >= 11 is 3.75. The van der Waals surface area contributed by atoms with Gasteiger partial charge in [-0.25, -0.2) is 0 Å². The van der Waals surface area contributed by atoms with Crippen molar-refractivity contribution in [1.82, 2.24) is 4.57 Å². The van der Waals surface area contributed by atoms with Crippen LogP contribution in [0.5, 0.6) is 0 Å². The van der Waals surface area contributed by atoms with Crippen LogP contribution in [0, 0.1) is 0 Å². The number of thiophene rings is 2. The molecule has 0 atom stereocenters. The van der Waals surface area contributed by atoms with Crippen molar-refractivity contribution in [3.05, 3.63) is 194 Å². The van der Waals surface area contributed by atoms with Gasteiger partial charge in [-0.3, -0.25) is 0 Å². The van der Waals surface area contributed by atoms with Gasteiger partial charge in [0.2, 0.25) is 0 Å². The Balaban J connectivity index is 1.16. The molecule has 3 aromatic heterocycles. The minimum Gasteiger partial charge on any atom is -0.309 e. The maximum atomic E-state index is 2.51. The highest BCUT2D eigenvalue weighted by atomic mass is 32.1. The molecule has 262 valence electrons. The maximum Gasteiger partial charge on any atom is 0.0640 e. The monoisotopic (exact) mass is 748 g/mol. The Kier molecular flexibility index (Phi) is 7.00. The highest BCUT2D eigenvalue weighted by Crippen LogP contribution is 2.49. The normalized spacial score (nSPS) is 11.9. The van der Waals surface area contributed by atoms with Gasteiger partial charge in [0.1, 0.15) is 0 Å². The van der Waals surface area contributed by atoms with Crippen molar-refractivity contribution in [2.24, 2.45) is 0 Å². The average Bonchev–Trinajstić information content (AvgIpc) is 3.94. The van der Waals surface area contributed by atoms with Gasteiger partial charge < -0.3 is 9.47 Å². The second-order valence-electron chi connectivity index (χ2n) is 14.4. The van der Waals surface area contributed by atoms with E-state index in [-0.39, 0.29) is 0 Å². The van der Waals surface area contributed by atoms with Crippen molar-refractivity contribution < 1.29 is 0 Å². The Hall–Kier alpha value is -6.72. The number of anilines is 3. The lowest BCUT2D eigenvalue weighted by Gasteiger charge is -2.28. The summed E-state index contributed by atoms with van der Waals surface area (Å²) in [5.41, 5.74) is 9.50. The minimum atomic E-state index is 1.12. The van der Waals surface area contributed by atoms with Crippen LogP contribution in [-0.2, 0) is 0 Å². The van der Waals surface area contributed by atoms with E-state index in [9.17, 15) is 0 Å². The van der Waals surface area contributed by atoms with Crippen molar-refractivity contribution in [1.29, 1.82) is 0 Å². The Morgan fingerprint density at radius 1 is 0.357 bits per heavy atom. The molecule has 0 aliphatic carbocycles. The third-order valence-corrected chi connectivity index (χ3v) is 13.7. The fourth-order valence-corrected chi connectivity index (χ4v) is 11.3. The zero-order valence-corrected chi connectivity index (χ0v) is 31.8. The molecule has 0 fully saturated rings. The van der Waals surface area contributed by atoms with Crippen molar-refractivity contribution in [3.8, 4) is 16.8 Å². The number of benzene rings is 9. The first-order chi connectivity index (χ1) is 27.8. The van der Waals surface area contributed by atoms with E-state index in [4.69, 9.17) is 0 Å². The first-order valence-corrected chi connectivity index (χ1v) is 20.6. The van der Waals surface area contributed by atoms with Gasteiger partial charge in [-0.1, -0.05) is 133 Å². The van der Waals surface area contributed by atoms with Crippen LogP contribution in [-0.4, -0.2) is 4.57 Å². The van der Waals surface area contributed by atoms with Crippen LogP contribution in [0.25, 0.3) is 89.7 Å². The van der Waals surface area contributed by atoms with Gasteiger partial charge in [-0.2, -0.15) is 0 Å². The molecule has 12 aromatic rings. The molecule has 12 rings (SSSR count). The fraction of sp³-hybridized carbons (Fsp3) is 0. The van der Waals surface area contributed by atoms with Crippen LogP contribution < -0.4 is 4.90 Å². The Morgan fingerprint density at radius 3 is 1.84 bits per heavy atom. The summed E-state index contributed by atoms with van der Waals surface area (Å²) in [6.45, 7) is 0. The molecule has 0 amide bonds. The van der Waals surface area contributed by atoms with Crippen molar-refractivity contribution in [2.75, 3.05) is 4.90 Å². The third-order valence-electron chi connectivity index (χ3n) is 11.4. The molecule has 9 aromatic carbocycles.